The molecule has 1 rings (SSSR count). The topological polar surface area (TPSA) is 15.3 Å². The standard InChI is InChI=1S/C9H20N2/c1-9(2,3)10-8-5-6-11(4)7-8/h8,10H,5-7H2,1-4H3. The quantitative estimate of drug-likeness (QED) is 0.611. The summed E-state index contributed by atoms with van der Waals surface area (Å²) in [5.41, 5.74) is 0.274. The molecule has 1 atom stereocenters. The minimum atomic E-state index is 0.274. The van der Waals surface area contributed by atoms with Gasteiger partial charge in [0.25, 0.3) is 0 Å². The molecule has 2 nitrogen and oxygen atoms in total. The molecule has 0 saturated carbocycles. The van der Waals surface area contributed by atoms with Crippen LogP contribution in [0, 0.1) is 0 Å². The zero-order valence-electron chi connectivity index (χ0n) is 8.15. The lowest BCUT2D eigenvalue weighted by atomic mass is 10.1. The molecule has 0 aliphatic carbocycles. The van der Waals surface area contributed by atoms with E-state index in [1.54, 1.807) is 0 Å². The lowest BCUT2D eigenvalue weighted by molar-refractivity contribution is 0.343. The van der Waals surface area contributed by atoms with Crippen molar-refractivity contribution in [3.63, 3.8) is 0 Å². The highest BCUT2D eigenvalue weighted by Gasteiger charge is 2.23. The second-order valence-corrected chi connectivity index (χ2v) is 4.64. The van der Waals surface area contributed by atoms with E-state index < -0.39 is 0 Å². The van der Waals surface area contributed by atoms with Crippen LogP contribution in [0.15, 0.2) is 0 Å². The first-order chi connectivity index (χ1) is 4.97. The van der Waals surface area contributed by atoms with Gasteiger partial charge in [-0.2, -0.15) is 0 Å². The van der Waals surface area contributed by atoms with Crippen molar-refractivity contribution in [1.82, 2.24) is 10.2 Å². The summed E-state index contributed by atoms with van der Waals surface area (Å²) < 4.78 is 0. The van der Waals surface area contributed by atoms with Crippen LogP contribution in [0.5, 0.6) is 0 Å². The maximum atomic E-state index is 3.61. The average molecular weight is 156 g/mol. The molecule has 0 aromatic rings. The van der Waals surface area contributed by atoms with Crippen LogP contribution >= 0.6 is 0 Å². The summed E-state index contributed by atoms with van der Waals surface area (Å²) in [6.45, 7) is 9.13. The molecule has 1 saturated heterocycles. The Balaban J connectivity index is 2.29. The largest absolute Gasteiger partial charge is 0.308 e. The van der Waals surface area contributed by atoms with Crippen molar-refractivity contribution in [3.8, 4) is 0 Å². The van der Waals surface area contributed by atoms with Gasteiger partial charge in [-0.15, -0.1) is 0 Å². The molecule has 1 N–H and O–H groups in total. The number of hydrogen-bond acceptors (Lipinski definition) is 2. The summed E-state index contributed by atoms with van der Waals surface area (Å²) in [6.07, 6.45) is 1.30. The molecular weight excluding hydrogens is 136 g/mol. The first-order valence-electron chi connectivity index (χ1n) is 4.43. The molecule has 1 heterocycles. The summed E-state index contributed by atoms with van der Waals surface area (Å²) in [7, 11) is 2.18. The van der Waals surface area contributed by atoms with Gasteiger partial charge in [0.15, 0.2) is 0 Å². The van der Waals surface area contributed by atoms with E-state index in [1.807, 2.05) is 0 Å². The Labute approximate surface area is 70.0 Å². The second kappa shape index (κ2) is 3.11. The van der Waals surface area contributed by atoms with Gasteiger partial charge in [0, 0.05) is 18.1 Å². The normalized spacial score (nSPS) is 27.8. The number of nitrogens with one attached hydrogen (secondary N) is 1. The monoisotopic (exact) mass is 156 g/mol. The molecule has 0 aromatic heterocycles. The number of hydrogen-bond donors (Lipinski definition) is 1. The van der Waals surface area contributed by atoms with Crippen LogP contribution in [0.25, 0.3) is 0 Å². The van der Waals surface area contributed by atoms with E-state index in [1.165, 1.54) is 19.5 Å². The summed E-state index contributed by atoms with van der Waals surface area (Å²) in [4.78, 5) is 2.38. The fraction of sp³-hybridized carbons (Fsp3) is 1.00. The van der Waals surface area contributed by atoms with Gasteiger partial charge in [-0.25, -0.2) is 0 Å². The molecule has 1 aliphatic rings. The highest BCUT2D eigenvalue weighted by Crippen LogP contribution is 2.10. The van der Waals surface area contributed by atoms with Crippen molar-refractivity contribution >= 4 is 0 Å². The summed E-state index contributed by atoms with van der Waals surface area (Å²) in [6, 6.07) is 0.708. The van der Waals surface area contributed by atoms with Crippen LogP contribution in [0.2, 0.25) is 0 Å². The molecule has 1 fully saturated rings. The Hall–Kier alpha value is -0.0800. The Morgan fingerprint density at radius 1 is 1.36 bits per heavy atom. The Morgan fingerprint density at radius 3 is 2.36 bits per heavy atom. The van der Waals surface area contributed by atoms with E-state index in [9.17, 15) is 0 Å². The maximum absolute atomic E-state index is 3.61. The van der Waals surface area contributed by atoms with Gasteiger partial charge in [0.05, 0.1) is 0 Å². The minimum absolute atomic E-state index is 0.274. The van der Waals surface area contributed by atoms with Gasteiger partial charge in [-0.3, -0.25) is 0 Å². The highest BCUT2D eigenvalue weighted by atomic mass is 15.2. The fourth-order valence-corrected chi connectivity index (χ4v) is 1.67. The SMILES string of the molecule is CN1CCC(NC(C)(C)C)C1. The van der Waals surface area contributed by atoms with Crippen molar-refractivity contribution in [2.24, 2.45) is 0 Å². The number of likely N-dealkylation sites (N-methyl/N-ethyl adjacent to an activating group) is 1. The average Bonchev–Trinajstić information content (AvgIpc) is 2.10. The van der Waals surface area contributed by atoms with Gasteiger partial charge >= 0.3 is 0 Å². The van der Waals surface area contributed by atoms with Crippen molar-refractivity contribution in [2.75, 3.05) is 20.1 Å². The Bertz CT molecular complexity index is 126. The molecule has 66 valence electrons. The second-order valence-electron chi connectivity index (χ2n) is 4.64. The van der Waals surface area contributed by atoms with Gasteiger partial charge in [0.2, 0.25) is 0 Å². The van der Waals surface area contributed by atoms with Gasteiger partial charge in [0.1, 0.15) is 0 Å². The molecule has 2 heteroatoms. The van der Waals surface area contributed by atoms with Crippen LogP contribution in [-0.2, 0) is 0 Å². The first kappa shape index (κ1) is 9.01. The van der Waals surface area contributed by atoms with E-state index in [0.29, 0.717) is 6.04 Å². The van der Waals surface area contributed by atoms with Crippen LogP contribution in [0.4, 0.5) is 0 Å². The van der Waals surface area contributed by atoms with E-state index in [-0.39, 0.29) is 5.54 Å². The van der Waals surface area contributed by atoms with Gasteiger partial charge in [-0.1, -0.05) is 0 Å². The number of rotatable bonds is 1. The minimum Gasteiger partial charge on any atom is -0.308 e. The van der Waals surface area contributed by atoms with Crippen molar-refractivity contribution in [3.05, 3.63) is 0 Å². The van der Waals surface area contributed by atoms with Gasteiger partial charge in [-0.05, 0) is 40.8 Å². The maximum Gasteiger partial charge on any atom is 0.0211 e. The van der Waals surface area contributed by atoms with Gasteiger partial charge < -0.3 is 10.2 Å². The highest BCUT2D eigenvalue weighted by molar-refractivity contribution is 4.84. The van der Waals surface area contributed by atoms with E-state index >= 15 is 0 Å². The third-order valence-corrected chi connectivity index (χ3v) is 2.03. The molecule has 0 bridgehead atoms. The van der Waals surface area contributed by atoms with E-state index in [4.69, 9.17) is 0 Å². The molecule has 1 unspecified atom stereocenters. The molecule has 0 spiro atoms. The first-order valence-corrected chi connectivity index (χ1v) is 4.43. The predicted octanol–water partition coefficient (Wildman–Crippen LogP) is 1.08. The molecule has 1 aliphatic heterocycles. The van der Waals surface area contributed by atoms with Crippen molar-refractivity contribution < 1.29 is 0 Å². The summed E-state index contributed by atoms with van der Waals surface area (Å²) in [5.74, 6) is 0. The molecule has 0 aromatic carbocycles. The van der Waals surface area contributed by atoms with Crippen molar-refractivity contribution in [1.29, 1.82) is 0 Å². The zero-order chi connectivity index (χ0) is 8.48. The van der Waals surface area contributed by atoms with Crippen LogP contribution in [-0.4, -0.2) is 36.6 Å². The lowest BCUT2D eigenvalue weighted by Crippen LogP contribution is -2.44. The molecule has 11 heavy (non-hydrogen) atoms. The Morgan fingerprint density at radius 2 is 2.00 bits per heavy atom. The summed E-state index contributed by atoms with van der Waals surface area (Å²) in [5, 5.41) is 3.61. The summed E-state index contributed by atoms with van der Waals surface area (Å²) >= 11 is 0. The fourth-order valence-electron chi connectivity index (χ4n) is 1.67. The third kappa shape index (κ3) is 3.21. The van der Waals surface area contributed by atoms with Crippen LogP contribution in [0.1, 0.15) is 27.2 Å². The van der Waals surface area contributed by atoms with Crippen LogP contribution < -0.4 is 5.32 Å². The third-order valence-electron chi connectivity index (χ3n) is 2.03. The lowest BCUT2D eigenvalue weighted by Gasteiger charge is -2.25. The van der Waals surface area contributed by atoms with E-state index in [2.05, 4.69) is 38.0 Å². The van der Waals surface area contributed by atoms with Crippen LogP contribution in [0.3, 0.4) is 0 Å². The smallest absolute Gasteiger partial charge is 0.0211 e. The number of nitrogens with zero attached hydrogens (tertiary/aromatic N) is 1. The van der Waals surface area contributed by atoms with E-state index in [0.717, 1.165) is 0 Å². The Kier molecular flexibility index (Phi) is 2.55. The number of likely N-dealkylation sites (tertiary alicyclic amines) is 1. The molecule has 0 amide bonds. The zero-order valence-corrected chi connectivity index (χ0v) is 8.15. The molecule has 0 radical (unpaired) electrons. The van der Waals surface area contributed by atoms with Crippen molar-refractivity contribution in [2.45, 2.75) is 38.8 Å². The predicted molar refractivity (Wildman–Crippen MR) is 48.8 cm³/mol. The molecular formula is C9H20N2.